The molecule has 0 saturated carbocycles. The number of aliphatic hydroxyl groups is 2. The number of aromatic nitrogens is 4. The van der Waals surface area contributed by atoms with E-state index in [0.29, 0.717) is 11.4 Å². The second kappa shape index (κ2) is 34.6. The molecule has 12 rings (SSSR count). The molecule has 0 aliphatic rings. The number of alkyl halides is 3. The zero-order valence-electron chi connectivity index (χ0n) is 44.2. The van der Waals surface area contributed by atoms with Crippen LogP contribution in [0.3, 0.4) is 0 Å². The number of furan rings is 2. The molecule has 6 heterocycles. The second-order valence-corrected chi connectivity index (χ2v) is 17.2. The minimum atomic E-state index is -5.78. The van der Waals surface area contributed by atoms with Crippen molar-refractivity contribution in [1.29, 1.82) is 0 Å². The number of hydrogen-bond acceptors (Lipinski definition) is 12. The number of aliphatic hydroxyl groups excluding tert-OH is 2. The average Bonchev–Trinajstić information content (AvgIpc) is 3.76. The van der Waals surface area contributed by atoms with E-state index in [-0.39, 0.29) is 54.2 Å². The van der Waals surface area contributed by atoms with Crippen LogP contribution >= 0.6 is 0 Å². The summed E-state index contributed by atoms with van der Waals surface area (Å²) in [7, 11) is -4.78. The predicted molar refractivity (Wildman–Crippen MR) is 308 cm³/mol. The maximum Gasteiger partial charge on any atom is 0.525 e. The van der Waals surface area contributed by atoms with Gasteiger partial charge in [0, 0.05) is 100 Å². The van der Waals surface area contributed by atoms with E-state index >= 15 is 0 Å². The quantitative estimate of drug-likeness (QED) is 0.0641. The summed E-state index contributed by atoms with van der Waals surface area (Å²) in [5.41, 5.74) is 6.09. The molecule has 6 aromatic carbocycles. The van der Waals surface area contributed by atoms with Crippen molar-refractivity contribution >= 4 is 65.4 Å². The third-order valence-electron chi connectivity index (χ3n) is 10.7. The molecule has 6 aromatic heterocycles. The summed E-state index contributed by atoms with van der Waals surface area (Å²) in [6.45, 7) is 16.6. The van der Waals surface area contributed by atoms with Crippen LogP contribution in [0.5, 0.6) is 0 Å². The van der Waals surface area contributed by atoms with Crippen LogP contribution < -0.4 is 0 Å². The van der Waals surface area contributed by atoms with Gasteiger partial charge in [0.15, 0.2) is 11.4 Å². The van der Waals surface area contributed by atoms with Gasteiger partial charge in [-0.2, -0.15) is 21.6 Å². The zero-order valence-corrected chi connectivity index (χ0v) is 49.8. The molecular formula is C63H49F3Ir2N6O8S-4. The number of hydrogen-bond donors (Lipinski definition) is 3. The third kappa shape index (κ3) is 18.2. The Labute approximate surface area is 505 Å². The Morgan fingerprint density at radius 3 is 1.34 bits per heavy atom. The predicted octanol–water partition coefficient (Wildman–Crippen LogP) is 15.7. The minimum Gasteiger partial charge on any atom is -0.502 e. The topological polar surface area (TPSA) is 191 Å². The standard InChI is InChI=1S/C18H10N2O.C18H9N2O.2C11H8N.C2H6O.CHF3O4S.CH4O.CH3.2Ir/c2*1-19-15-9-5-10-16-17(15)13-7-4-6-12(18(13)21-16)14-8-2-3-11-20-14;2*1-2-6-10(7-3-1)11-8-4-5-9-12-11;1-2-3;2-1(3,4)9(6,7)8-5;1-2;;;/h2-11H;2-5,7-11H;2*1-6,8-9H;3H,2H2,1H3;5H;2H,1H3;1H3;;/q;3*-1;;;;-1;;. The smallest absolute Gasteiger partial charge is 0.502 e. The van der Waals surface area contributed by atoms with E-state index in [0.717, 1.165) is 96.0 Å². The fraction of sp³-hybridized carbons (Fsp3) is 0.0635. The molecule has 428 valence electrons. The maximum atomic E-state index is 11.0. The molecule has 3 N–H and O–H groups in total. The molecular weight excluding hydrogens is 1440 g/mol. The first-order valence-electron chi connectivity index (χ1n) is 23.8. The Balaban J connectivity index is 0.000000273. The van der Waals surface area contributed by atoms with E-state index in [1.54, 1.807) is 37.8 Å². The van der Waals surface area contributed by atoms with Crippen molar-refractivity contribution in [3.63, 3.8) is 0 Å². The number of pyridine rings is 4. The van der Waals surface area contributed by atoms with Crippen molar-refractivity contribution < 1.29 is 90.4 Å². The Hall–Kier alpha value is -8.62. The van der Waals surface area contributed by atoms with Gasteiger partial charge in [0.25, 0.3) is 0 Å². The largest absolute Gasteiger partial charge is 0.525 e. The first-order chi connectivity index (χ1) is 38.9. The van der Waals surface area contributed by atoms with Crippen LogP contribution in [0.4, 0.5) is 24.5 Å². The van der Waals surface area contributed by atoms with Gasteiger partial charge in [-0.3, -0.25) is 4.98 Å². The van der Waals surface area contributed by atoms with Crippen LogP contribution in [0.1, 0.15) is 6.92 Å². The Bertz CT molecular complexity index is 3730. The van der Waals surface area contributed by atoms with E-state index in [1.165, 1.54) is 0 Å². The molecule has 0 spiro atoms. The maximum absolute atomic E-state index is 11.0. The van der Waals surface area contributed by atoms with E-state index in [1.807, 2.05) is 182 Å². The van der Waals surface area contributed by atoms with Crippen LogP contribution in [0.15, 0.2) is 222 Å². The Morgan fingerprint density at radius 1 is 0.542 bits per heavy atom. The van der Waals surface area contributed by atoms with Crippen molar-refractivity contribution in [2.45, 2.75) is 12.4 Å². The summed E-state index contributed by atoms with van der Waals surface area (Å²) >= 11 is 0. The van der Waals surface area contributed by atoms with Gasteiger partial charge in [-0.1, -0.05) is 89.8 Å². The zero-order chi connectivity index (χ0) is 57.3. The first-order valence-corrected chi connectivity index (χ1v) is 25.2. The fourth-order valence-corrected chi connectivity index (χ4v) is 7.49. The Kier molecular flexibility index (Phi) is 28.6. The molecule has 0 aliphatic heterocycles. The van der Waals surface area contributed by atoms with Crippen molar-refractivity contribution in [1.82, 2.24) is 19.9 Å². The molecule has 20 heteroatoms. The SMILES string of the molecule is CCO.CO.O=S(=O)(OO)C(F)(F)F.[C-]#[N+]c1cccc2oc3c(-c4ccccn4)[c-]ccc3c12.[C-]#[N+]c1cccc2oc3c(-c4ccccn4)cccc3c12.[CH3-].[Ir].[Ir].[c-]1ccccc1-c1ccccn1.[c-]1ccccc1-c1ccccn1. The number of halogens is 3. The van der Waals surface area contributed by atoms with E-state index in [2.05, 4.69) is 52.2 Å². The number of benzene rings is 6. The van der Waals surface area contributed by atoms with E-state index in [9.17, 15) is 21.6 Å². The molecule has 0 unspecified atom stereocenters. The molecule has 83 heavy (non-hydrogen) atoms. The summed E-state index contributed by atoms with van der Waals surface area (Å²) in [6, 6.07) is 69.2. The molecule has 0 fully saturated rings. The van der Waals surface area contributed by atoms with E-state index in [4.69, 9.17) is 37.4 Å². The second-order valence-electron chi connectivity index (χ2n) is 15.7. The van der Waals surface area contributed by atoms with Gasteiger partial charge >= 0.3 is 15.6 Å². The van der Waals surface area contributed by atoms with E-state index < -0.39 is 15.6 Å². The molecule has 0 bridgehead atoms. The molecule has 0 atom stereocenters. The van der Waals surface area contributed by atoms with Crippen molar-refractivity contribution in [3.8, 4) is 45.0 Å². The van der Waals surface area contributed by atoms with Gasteiger partial charge in [0.05, 0.1) is 24.4 Å². The minimum absolute atomic E-state index is 0. The summed E-state index contributed by atoms with van der Waals surface area (Å²) in [5.74, 6) is 0. The van der Waals surface area contributed by atoms with Gasteiger partial charge in [-0.05, 0) is 72.5 Å². The number of para-hydroxylation sites is 1. The van der Waals surface area contributed by atoms with Gasteiger partial charge in [0.1, 0.15) is 16.7 Å². The van der Waals surface area contributed by atoms with Gasteiger partial charge in [-0.25, -0.2) is 14.9 Å². The normalized spacial score (nSPS) is 10.0. The average molecular weight is 1490 g/mol. The first kappa shape index (κ1) is 68.7. The third-order valence-corrected chi connectivity index (χ3v) is 11.5. The molecule has 0 amide bonds. The van der Waals surface area contributed by atoms with Gasteiger partial charge in [-0.15, -0.1) is 94.3 Å². The van der Waals surface area contributed by atoms with Crippen LogP contribution in [0.2, 0.25) is 0 Å². The summed E-state index contributed by atoms with van der Waals surface area (Å²) in [5, 5.41) is 25.3. The molecule has 14 nitrogen and oxygen atoms in total. The van der Waals surface area contributed by atoms with Crippen LogP contribution in [-0.2, 0) is 54.7 Å². The monoisotopic (exact) mass is 1490 g/mol. The number of rotatable bonds is 5. The number of fused-ring (bicyclic) bond motifs is 6. The van der Waals surface area contributed by atoms with Crippen LogP contribution in [0.25, 0.3) is 98.6 Å². The van der Waals surface area contributed by atoms with Gasteiger partial charge in [0.2, 0.25) is 0 Å². The molecule has 0 saturated heterocycles. The molecule has 0 aliphatic carbocycles. The summed E-state index contributed by atoms with van der Waals surface area (Å²) in [4.78, 5) is 24.4. The Morgan fingerprint density at radius 2 is 0.952 bits per heavy atom. The molecule has 12 aromatic rings. The van der Waals surface area contributed by atoms with Crippen molar-refractivity contribution in [2.75, 3.05) is 13.7 Å². The van der Waals surface area contributed by atoms with Crippen LogP contribution in [0, 0.1) is 38.8 Å². The van der Waals surface area contributed by atoms with Gasteiger partial charge < -0.3 is 41.4 Å². The summed E-state index contributed by atoms with van der Waals surface area (Å²) < 4.78 is 65.8. The fourth-order valence-electron chi connectivity index (χ4n) is 7.40. The van der Waals surface area contributed by atoms with Crippen molar-refractivity contribution in [2.24, 2.45) is 0 Å². The van der Waals surface area contributed by atoms with Crippen LogP contribution in [-0.4, -0.2) is 63.0 Å². The summed E-state index contributed by atoms with van der Waals surface area (Å²) in [6.07, 6.45) is 7.09. The van der Waals surface area contributed by atoms with Crippen molar-refractivity contribution in [3.05, 3.63) is 261 Å². The number of nitrogens with zero attached hydrogens (tertiary/aromatic N) is 6. The molecule has 2 radical (unpaired) electrons.